The summed E-state index contributed by atoms with van der Waals surface area (Å²) in [5.74, 6) is 0. The lowest BCUT2D eigenvalue weighted by Gasteiger charge is -2.09. The van der Waals surface area contributed by atoms with E-state index in [4.69, 9.17) is 0 Å². The molecular weight excluding hydrogens is 141 g/mol. The van der Waals surface area contributed by atoms with E-state index in [1.165, 1.54) is 0 Å². The van der Waals surface area contributed by atoms with Gasteiger partial charge in [-0.15, -0.1) is 6.58 Å². The van der Waals surface area contributed by atoms with Gasteiger partial charge in [0.15, 0.2) is 0 Å². The summed E-state index contributed by atoms with van der Waals surface area (Å²) in [4.78, 5) is 0. The van der Waals surface area contributed by atoms with Crippen LogP contribution in [0.5, 0.6) is 0 Å². The molecule has 0 aliphatic carbocycles. The molecule has 0 saturated heterocycles. The van der Waals surface area contributed by atoms with Crippen molar-refractivity contribution in [2.75, 3.05) is 0 Å². The van der Waals surface area contributed by atoms with E-state index in [1.54, 1.807) is 0 Å². The minimum Gasteiger partial charge on any atom is -0.245 e. The molecule has 0 saturated carbocycles. The van der Waals surface area contributed by atoms with Gasteiger partial charge in [-0.3, -0.25) is 0 Å². The summed E-state index contributed by atoms with van der Waals surface area (Å²) in [5.41, 5.74) is 0. The van der Waals surface area contributed by atoms with Crippen molar-refractivity contribution in [3.8, 4) is 0 Å². The first-order chi connectivity index (χ1) is 4.57. The lowest BCUT2D eigenvalue weighted by Crippen LogP contribution is -2.17. The standard InChI is InChI=1S/C7H11F3/c1-3-6(9)4-7(10)5(2)8/h3,5-7H,1,4H2,2H3. The van der Waals surface area contributed by atoms with Crippen LogP contribution in [0, 0.1) is 0 Å². The Hall–Kier alpha value is -0.470. The van der Waals surface area contributed by atoms with Crippen molar-refractivity contribution in [3.63, 3.8) is 0 Å². The van der Waals surface area contributed by atoms with E-state index in [1.807, 2.05) is 0 Å². The largest absolute Gasteiger partial charge is 0.245 e. The first kappa shape index (κ1) is 9.53. The van der Waals surface area contributed by atoms with Crippen molar-refractivity contribution in [2.24, 2.45) is 0 Å². The van der Waals surface area contributed by atoms with Crippen LogP contribution in [0.4, 0.5) is 13.2 Å². The molecule has 0 heterocycles. The SMILES string of the molecule is C=CC(F)CC(F)C(C)F. The van der Waals surface area contributed by atoms with Crippen molar-refractivity contribution in [2.45, 2.75) is 31.9 Å². The molecular formula is C7H11F3. The molecule has 0 rings (SSSR count). The van der Waals surface area contributed by atoms with Gasteiger partial charge < -0.3 is 0 Å². The van der Waals surface area contributed by atoms with E-state index in [-0.39, 0.29) is 0 Å². The fourth-order valence-corrected chi connectivity index (χ4v) is 0.499. The third-order valence-corrected chi connectivity index (χ3v) is 1.20. The second-order valence-electron chi connectivity index (χ2n) is 2.18. The summed E-state index contributed by atoms with van der Waals surface area (Å²) in [7, 11) is 0. The molecule has 3 unspecified atom stereocenters. The zero-order chi connectivity index (χ0) is 8.15. The molecule has 0 spiro atoms. The van der Waals surface area contributed by atoms with Gasteiger partial charge in [-0.1, -0.05) is 6.08 Å². The number of hydrogen-bond acceptors (Lipinski definition) is 0. The molecule has 0 amide bonds. The summed E-state index contributed by atoms with van der Waals surface area (Å²) in [5, 5.41) is 0. The molecule has 0 N–H and O–H groups in total. The number of hydrogen-bond donors (Lipinski definition) is 0. The van der Waals surface area contributed by atoms with Crippen molar-refractivity contribution in [1.82, 2.24) is 0 Å². The predicted molar refractivity (Wildman–Crippen MR) is 35.2 cm³/mol. The van der Waals surface area contributed by atoms with Crippen molar-refractivity contribution >= 4 is 0 Å². The molecule has 10 heavy (non-hydrogen) atoms. The summed E-state index contributed by atoms with van der Waals surface area (Å²) in [6.07, 6.45) is -4.21. The van der Waals surface area contributed by atoms with Crippen LogP contribution in [0.25, 0.3) is 0 Å². The number of halogens is 3. The molecule has 0 nitrogen and oxygen atoms in total. The molecule has 3 heteroatoms. The maximum atomic E-state index is 12.3. The van der Waals surface area contributed by atoms with Crippen LogP contribution in [0.1, 0.15) is 13.3 Å². The quantitative estimate of drug-likeness (QED) is 0.543. The first-order valence-corrected chi connectivity index (χ1v) is 3.12. The van der Waals surface area contributed by atoms with Crippen LogP contribution >= 0.6 is 0 Å². The summed E-state index contributed by atoms with van der Waals surface area (Å²) in [6.45, 7) is 4.18. The molecule has 0 aliphatic rings. The van der Waals surface area contributed by atoms with E-state index in [0.29, 0.717) is 0 Å². The lowest BCUT2D eigenvalue weighted by molar-refractivity contribution is 0.148. The van der Waals surface area contributed by atoms with Crippen molar-refractivity contribution in [3.05, 3.63) is 12.7 Å². The zero-order valence-corrected chi connectivity index (χ0v) is 5.86. The third kappa shape index (κ3) is 3.54. The van der Waals surface area contributed by atoms with Gasteiger partial charge in [0.05, 0.1) is 0 Å². The van der Waals surface area contributed by atoms with Crippen LogP contribution in [0.3, 0.4) is 0 Å². The van der Waals surface area contributed by atoms with Crippen LogP contribution in [0.15, 0.2) is 12.7 Å². The number of alkyl halides is 3. The fraction of sp³-hybridized carbons (Fsp3) is 0.714. The summed E-state index contributed by atoms with van der Waals surface area (Å²) >= 11 is 0. The normalized spacial score (nSPS) is 19.6. The minimum absolute atomic E-state index is 0.429. The number of rotatable bonds is 4. The Morgan fingerprint density at radius 1 is 1.40 bits per heavy atom. The Balaban J connectivity index is 3.56. The highest BCUT2D eigenvalue weighted by atomic mass is 19.2. The molecule has 0 aromatic heterocycles. The van der Waals surface area contributed by atoms with Crippen molar-refractivity contribution < 1.29 is 13.2 Å². The van der Waals surface area contributed by atoms with Crippen LogP contribution in [-0.4, -0.2) is 18.5 Å². The van der Waals surface area contributed by atoms with E-state index in [0.717, 1.165) is 13.0 Å². The zero-order valence-electron chi connectivity index (χ0n) is 5.86. The molecule has 0 aromatic carbocycles. The number of allylic oxidation sites excluding steroid dienone is 1. The average molecular weight is 152 g/mol. The van der Waals surface area contributed by atoms with Gasteiger partial charge in [0.25, 0.3) is 0 Å². The molecule has 0 aliphatic heterocycles. The van der Waals surface area contributed by atoms with Gasteiger partial charge in [0.1, 0.15) is 18.5 Å². The van der Waals surface area contributed by atoms with E-state index in [9.17, 15) is 13.2 Å². The molecule has 0 fully saturated rings. The van der Waals surface area contributed by atoms with Crippen LogP contribution < -0.4 is 0 Å². The highest BCUT2D eigenvalue weighted by Crippen LogP contribution is 2.12. The molecule has 3 atom stereocenters. The second-order valence-corrected chi connectivity index (χ2v) is 2.18. The molecule has 0 radical (unpaired) electrons. The average Bonchev–Trinajstić information content (AvgIpc) is 1.87. The second kappa shape index (κ2) is 4.36. The summed E-state index contributed by atoms with van der Waals surface area (Å²) < 4.78 is 36.5. The van der Waals surface area contributed by atoms with E-state index in [2.05, 4.69) is 6.58 Å². The Morgan fingerprint density at radius 3 is 2.20 bits per heavy atom. The monoisotopic (exact) mass is 152 g/mol. The summed E-state index contributed by atoms with van der Waals surface area (Å²) in [6, 6.07) is 0. The predicted octanol–water partition coefficient (Wildman–Crippen LogP) is 2.60. The molecule has 60 valence electrons. The Labute approximate surface area is 58.7 Å². The smallest absolute Gasteiger partial charge is 0.134 e. The molecule has 0 aromatic rings. The van der Waals surface area contributed by atoms with E-state index >= 15 is 0 Å². The van der Waals surface area contributed by atoms with Gasteiger partial charge in [-0.05, 0) is 6.92 Å². The maximum Gasteiger partial charge on any atom is 0.134 e. The lowest BCUT2D eigenvalue weighted by atomic mass is 10.1. The van der Waals surface area contributed by atoms with E-state index < -0.39 is 24.9 Å². The maximum absolute atomic E-state index is 12.3. The van der Waals surface area contributed by atoms with Crippen LogP contribution in [0.2, 0.25) is 0 Å². The highest BCUT2D eigenvalue weighted by molar-refractivity contribution is 4.82. The fourth-order valence-electron chi connectivity index (χ4n) is 0.499. The van der Waals surface area contributed by atoms with Crippen molar-refractivity contribution in [1.29, 1.82) is 0 Å². The van der Waals surface area contributed by atoms with Gasteiger partial charge in [-0.2, -0.15) is 0 Å². The van der Waals surface area contributed by atoms with Gasteiger partial charge in [0.2, 0.25) is 0 Å². The minimum atomic E-state index is -1.71. The Bertz CT molecular complexity index is 101. The highest BCUT2D eigenvalue weighted by Gasteiger charge is 2.18. The topological polar surface area (TPSA) is 0 Å². The van der Waals surface area contributed by atoms with Crippen LogP contribution in [-0.2, 0) is 0 Å². The third-order valence-electron chi connectivity index (χ3n) is 1.20. The first-order valence-electron chi connectivity index (χ1n) is 3.12. The Kier molecular flexibility index (Phi) is 4.16. The van der Waals surface area contributed by atoms with Gasteiger partial charge >= 0.3 is 0 Å². The Morgan fingerprint density at radius 2 is 1.90 bits per heavy atom. The molecule has 0 bridgehead atoms. The van der Waals surface area contributed by atoms with Gasteiger partial charge in [0, 0.05) is 6.42 Å². The van der Waals surface area contributed by atoms with Gasteiger partial charge in [-0.25, -0.2) is 13.2 Å².